The maximum atomic E-state index is 14.0. The molecule has 0 amide bonds. The van der Waals surface area contributed by atoms with Crippen LogP contribution in [0.15, 0.2) is 29.2 Å². The largest absolute Gasteiger partial charge is 0.478 e. The van der Waals surface area contributed by atoms with Crippen LogP contribution in [0.2, 0.25) is 0 Å². The average Bonchev–Trinajstić information content (AvgIpc) is 3.21. The summed E-state index contributed by atoms with van der Waals surface area (Å²) in [4.78, 5) is 10.8. The summed E-state index contributed by atoms with van der Waals surface area (Å²) < 4.78 is 47.0. The molecule has 3 heterocycles. The number of carboxylic acid groups (broad SMARTS) is 1. The number of aromatic carboxylic acids is 1. The number of benzene rings is 1. The normalized spacial score (nSPS) is 31.6. The van der Waals surface area contributed by atoms with Gasteiger partial charge in [0.15, 0.2) is 0 Å². The molecule has 0 radical (unpaired) electrons. The van der Waals surface area contributed by atoms with Gasteiger partial charge in [0.1, 0.15) is 5.82 Å². The molecule has 1 N–H and O–H groups in total. The highest BCUT2D eigenvalue weighted by Crippen LogP contribution is 2.45. The maximum Gasteiger partial charge on any atom is 0.335 e. The van der Waals surface area contributed by atoms with Gasteiger partial charge < -0.3 is 9.84 Å². The first-order chi connectivity index (χ1) is 11.3. The number of sulfonamides is 1. The van der Waals surface area contributed by atoms with Gasteiger partial charge in [0.05, 0.1) is 22.7 Å². The molecule has 3 aliphatic rings. The summed E-state index contributed by atoms with van der Waals surface area (Å²) in [7, 11) is -3.96. The van der Waals surface area contributed by atoms with Crippen molar-refractivity contribution >= 4 is 16.0 Å². The second kappa shape index (κ2) is 5.11. The fourth-order valence-corrected chi connectivity index (χ4v) is 5.64. The van der Waals surface area contributed by atoms with E-state index in [0.717, 1.165) is 12.1 Å². The lowest BCUT2D eigenvalue weighted by atomic mass is 9.86. The molecule has 0 aromatic heterocycles. The molecule has 4 rings (SSSR count). The fourth-order valence-electron chi connectivity index (χ4n) is 3.87. The average molecular weight is 353 g/mol. The van der Waals surface area contributed by atoms with Crippen molar-refractivity contribution in [3.8, 4) is 0 Å². The Balaban J connectivity index is 1.71. The van der Waals surface area contributed by atoms with E-state index in [-0.39, 0.29) is 40.1 Å². The van der Waals surface area contributed by atoms with Gasteiger partial charge in [0.25, 0.3) is 0 Å². The second-order valence-corrected chi connectivity index (χ2v) is 8.39. The molecule has 0 aliphatic carbocycles. The Kier molecular flexibility index (Phi) is 3.35. The lowest BCUT2D eigenvalue weighted by molar-refractivity contribution is 0.0696. The van der Waals surface area contributed by atoms with Crippen LogP contribution in [0.25, 0.3) is 0 Å². The van der Waals surface area contributed by atoms with E-state index in [1.165, 1.54) is 11.2 Å². The number of halogens is 1. The molecule has 1 aromatic carbocycles. The molecule has 128 valence electrons. The van der Waals surface area contributed by atoms with Gasteiger partial charge in [-0.05, 0) is 19.1 Å². The number of carboxylic acids is 1. The molecule has 2 bridgehead atoms. The molecular formula is C16H16FNO5S. The van der Waals surface area contributed by atoms with Crippen molar-refractivity contribution in [3.05, 3.63) is 41.2 Å². The molecule has 2 saturated heterocycles. The summed E-state index contributed by atoms with van der Waals surface area (Å²) in [5.41, 5.74) is -0.435. The van der Waals surface area contributed by atoms with E-state index in [0.29, 0.717) is 13.1 Å². The van der Waals surface area contributed by atoms with Gasteiger partial charge in [0, 0.05) is 30.5 Å². The number of hydrogen-bond acceptors (Lipinski definition) is 4. The van der Waals surface area contributed by atoms with Gasteiger partial charge >= 0.3 is 5.97 Å². The summed E-state index contributed by atoms with van der Waals surface area (Å²) in [6.45, 7) is 1.95. The monoisotopic (exact) mass is 353 g/mol. The second-order valence-electron chi connectivity index (χ2n) is 6.49. The van der Waals surface area contributed by atoms with Crippen LogP contribution < -0.4 is 0 Å². The van der Waals surface area contributed by atoms with Crippen molar-refractivity contribution in [2.24, 2.45) is 11.8 Å². The third-order valence-corrected chi connectivity index (χ3v) is 7.15. The van der Waals surface area contributed by atoms with E-state index in [9.17, 15) is 17.6 Å². The van der Waals surface area contributed by atoms with Gasteiger partial charge in [-0.3, -0.25) is 0 Å². The molecule has 3 aliphatic heterocycles. The molecule has 24 heavy (non-hydrogen) atoms. The molecule has 0 spiro atoms. The van der Waals surface area contributed by atoms with Crippen LogP contribution in [0.3, 0.4) is 0 Å². The highest BCUT2D eigenvalue weighted by molar-refractivity contribution is 7.89. The molecule has 6 nitrogen and oxygen atoms in total. The summed E-state index contributed by atoms with van der Waals surface area (Å²) in [6.07, 6.45) is 3.78. The maximum absolute atomic E-state index is 14.0. The Morgan fingerprint density at radius 1 is 1.25 bits per heavy atom. The predicted octanol–water partition coefficient (Wildman–Crippen LogP) is 1.41. The lowest BCUT2D eigenvalue weighted by Crippen LogP contribution is -2.32. The molecule has 2 fully saturated rings. The third kappa shape index (κ3) is 2.13. The summed E-state index contributed by atoms with van der Waals surface area (Å²) in [5, 5.41) is 9.06. The van der Waals surface area contributed by atoms with E-state index in [1.807, 2.05) is 12.2 Å². The molecule has 4 atom stereocenters. The first kappa shape index (κ1) is 15.7. The topological polar surface area (TPSA) is 83.9 Å². The van der Waals surface area contributed by atoms with Crippen LogP contribution in [-0.2, 0) is 14.8 Å². The minimum atomic E-state index is -3.96. The fraction of sp³-hybridized carbons (Fsp3) is 0.438. The van der Waals surface area contributed by atoms with Gasteiger partial charge in [-0.1, -0.05) is 12.2 Å². The van der Waals surface area contributed by atoms with Gasteiger partial charge in [-0.15, -0.1) is 0 Å². The highest BCUT2D eigenvalue weighted by Gasteiger charge is 2.53. The zero-order valence-electron chi connectivity index (χ0n) is 12.8. The Bertz CT molecular complexity index is 845. The molecule has 8 heteroatoms. The Hall–Kier alpha value is -1.77. The van der Waals surface area contributed by atoms with E-state index in [2.05, 4.69) is 0 Å². The van der Waals surface area contributed by atoms with Crippen molar-refractivity contribution in [3.63, 3.8) is 0 Å². The summed E-state index contributed by atoms with van der Waals surface area (Å²) in [5.74, 6) is -2.00. The Labute approximate surface area is 138 Å². The van der Waals surface area contributed by atoms with Crippen LogP contribution in [-0.4, -0.2) is 49.1 Å². The van der Waals surface area contributed by atoms with Gasteiger partial charge in [-0.2, -0.15) is 4.31 Å². The van der Waals surface area contributed by atoms with Crippen LogP contribution in [0, 0.1) is 24.6 Å². The van der Waals surface area contributed by atoms with Crippen molar-refractivity contribution in [2.45, 2.75) is 24.0 Å². The van der Waals surface area contributed by atoms with E-state index in [1.54, 1.807) is 0 Å². The van der Waals surface area contributed by atoms with E-state index in [4.69, 9.17) is 9.84 Å². The number of ether oxygens (including phenoxy) is 1. The zero-order chi connectivity index (χ0) is 17.2. The van der Waals surface area contributed by atoms with Crippen LogP contribution in [0.4, 0.5) is 4.39 Å². The first-order valence-electron chi connectivity index (χ1n) is 7.66. The minimum absolute atomic E-state index is 0.0607. The highest BCUT2D eigenvalue weighted by atomic mass is 32.2. The first-order valence-corrected chi connectivity index (χ1v) is 9.10. The quantitative estimate of drug-likeness (QED) is 0.831. The molecule has 1 aromatic rings. The number of nitrogens with zero attached hydrogens (tertiary/aromatic N) is 1. The van der Waals surface area contributed by atoms with Crippen LogP contribution in [0.5, 0.6) is 0 Å². The Morgan fingerprint density at radius 3 is 2.38 bits per heavy atom. The van der Waals surface area contributed by atoms with Crippen LogP contribution >= 0.6 is 0 Å². The number of rotatable bonds is 3. The van der Waals surface area contributed by atoms with Crippen molar-refractivity contribution in [2.75, 3.05) is 13.1 Å². The molecular weight excluding hydrogens is 337 g/mol. The smallest absolute Gasteiger partial charge is 0.335 e. The number of hydrogen-bond donors (Lipinski definition) is 1. The Morgan fingerprint density at radius 2 is 1.83 bits per heavy atom. The van der Waals surface area contributed by atoms with Gasteiger partial charge in [-0.25, -0.2) is 17.6 Å². The summed E-state index contributed by atoms with van der Waals surface area (Å²) >= 11 is 0. The van der Waals surface area contributed by atoms with Crippen molar-refractivity contribution in [1.29, 1.82) is 0 Å². The number of carbonyl (C=O) groups is 1. The summed E-state index contributed by atoms with van der Waals surface area (Å²) in [6, 6.07) is 1.88. The van der Waals surface area contributed by atoms with E-state index < -0.39 is 21.8 Å². The zero-order valence-corrected chi connectivity index (χ0v) is 13.7. The lowest BCUT2D eigenvalue weighted by Gasteiger charge is -2.20. The van der Waals surface area contributed by atoms with Crippen molar-refractivity contribution < 1.29 is 27.4 Å². The van der Waals surface area contributed by atoms with Crippen LogP contribution in [0.1, 0.15) is 15.9 Å². The minimum Gasteiger partial charge on any atom is -0.478 e. The molecule has 0 saturated carbocycles. The molecule has 4 unspecified atom stereocenters. The van der Waals surface area contributed by atoms with E-state index >= 15 is 0 Å². The third-order valence-electron chi connectivity index (χ3n) is 5.19. The standard InChI is InChI=1S/C16H16FNO5S/c1-8-12(17)4-9(16(19)20)5-15(8)24(21,22)18-6-10-11(7-18)14-3-2-13(10)23-14/h2-5,10-11,13-14H,6-7H2,1H3,(H,19,20). The predicted molar refractivity (Wildman–Crippen MR) is 81.6 cm³/mol. The van der Waals surface area contributed by atoms with Crippen molar-refractivity contribution in [1.82, 2.24) is 4.31 Å². The SMILES string of the molecule is Cc1c(F)cc(C(=O)O)cc1S(=O)(=O)N1CC2C3C=CC(O3)C2C1. The number of fused-ring (bicyclic) bond motifs is 5. The van der Waals surface area contributed by atoms with Gasteiger partial charge in [0.2, 0.25) is 10.0 Å².